The average molecular weight is 261 g/mol. The summed E-state index contributed by atoms with van der Waals surface area (Å²) < 4.78 is 5.42. The number of carbonyl (C=O) groups excluding carboxylic acids is 1. The van der Waals surface area contributed by atoms with Gasteiger partial charge in [0, 0.05) is 12.0 Å². The molecule has 0 spiro atoms. The van der Waals surface area contributed by atoms with Crippen LogP contribution in [0.15, 0.2) is 42.5 Å². The Morgan fingerprint density at radius 2 is 1.84 bits per heavy atom. The third-order valence-electron chi connectivity index (χ3n) is 3.15. The summed E-state index contributed by atoms with van der Waals surface area (Å²) in [4.78, 5) is 14.0. The fraction of sp³-hybridized carbons (Fsp3) is 0.438. The van der Waals surface area contributed by atoms with Gasteiger partial charge in [-0.1, -0.05) is 50.8 Å². The number of carbonyl (C=O) groups is 1. The number of ether oxygens (including phenoxy) is 1. The molecular weight excluding hydrogens is 238 g/mol. The standard InChI is InChI=1S/C16H23NO2/c1-5-17(6-2)14(4)19-16(18)13(3)12-15-10-8-7-9-11-15/h7-11,14H,3,5-6,12H2,1-2,4H3. The van der Waals surface area contributed by atoms with Crippen molar-refractivity contribution in [3.63, 3.8) is 0 Å². The van der Waals surface area contributed by atoms with Crippen LogP contribution in [0.2, 0.25) is 0 Å². The minimum absolute atomic E-state index is 0.213. The molecule has 0 aliphatic carbocycles. The normalized spacial score (nSPS) is 12.2. The van der Waals surface area contributed by atoms with Gasteiger partial charge in [0.05, 0.1) is 0 Å². The predicted molar refractivity (Wildman–Crippen MR) is 77.8 cm³/mol. The molecule has 0 saturated heterocycles. The SMILES string of the molecule is C=C(Cc1ccccc1)C(=O)OC(C)N(CC)CC. The minimum atomic E-state index is -0.316. The van der Waals surface area contributed by atoms with E-state index in [-0.39, 0.29) is 12.2 Å². The fourth-order valence-corrected chi connectivity index (χ4v) is 1.97. The van der Waals surface area contributed by atoms with E-state index in [1.54, 1.807) is 0 Å². The lowest BCUT2D eigenvalue weighted by Gasteiger charge is -2.26. The Bertz CT molecular complexity index is 410. The highest BCUT2D eigenvalue weighted by atomic mass is 16.6. The molecule has 1 rings (SSSR count). The highest BCUT2D eigenvalue weighted by molar-refractivity contribution is 5.88. The van der Waals surface area contributed by atoms with Crippen molar-refractivity contribution in [1.29, 1.82) is 0 Å². The Morgan fingerprint density at radius 1 is 1.26 bits per heavy atom. The first kappa shape index (κ1) is 15.4. The van der Waals surface area contributed by atoms with Crippen LogP contribution in [0.5, 0.6) is 0 Å². The predicted octanol–water partition coefficient (Wildman–Crippen LogP) is 3.02. The first-order valence-corrected chi connectivity index (χ1v) is 6.75. The van der Waals surface area contributed by atoms with Crippen LogP contribution in [-0.2, 0) is 16.0 Å². The summed E-state index contributed by atoms with van der Waals surface area (Å²) in [5.74, 6) is -0.316. The smallest absolute Gasteiger partial charge is 0.335 e. The van der Waals surface area contributed by atoms with E-state index in [1.807, 2.05) is 51.1 Å². The number of esters is 1. The van der Waals surface area contributed by atoms with E-state index in [0.29, 0.717) is 12.0 Å². The van der Waals surface area contributed by atoms with Crippen molar-refractivity contribution in [1.82, 2.24) is 4.90 Å². The van der Waals surface area contributed by atoms with Crippen molar-refractivity contribution in [3.05, 3.63) is 48.0 Å². The molecule has 0 aliphatic heterocycles. The van der Waals surface area contributed by atoms with Gasteiger partial charge in [-0.3, -0.25) is 4.90 Å². The molecule has 0 aliphatic rings. The Labute approximate surface area is 115 Å². The topological polar surface area (TPSA) is 29.5 Å². The quantitative estimate of drug-likeness (QED) is 0.429. The maximum absolute atomic E-state index is 11.9. The maximum Gasteiger partial charge on any atom is 0.335 e. The molecule has 1 aromatic carbocycles. The summed E-state index contributed by atoms with van der Waals surface area (Å²) in [5, 5.41) is 0. The summed E-state index contributed by atoms with van der Waals surface area (Å²) in [5.41, 5.74) is 1.56. The van der Waals surface area contributed by atoms with Gasteiger partial charge in [-0.15, -0.1) is 0 Å². The highest BCUT2D eigenvalue weighted by Gasteiger charge is 2.17. The molecule has 0 N–H and O–H groups in total. The maximum atomic E-state index is 11.9. The van der Waals surface area contributed by atoms with Crippen LogP contribution in [0.1, 0.15) is 26.3 Å². The number of benzene rings is 1. The van der Waals surface area contributed by atoms with Crippen LogP contribution in [0.3, 0.4) is 0 Å². The van der Waals surface area contributed by atoms with Crippen molar-refractivity contribution >= 4 is 5.97 Å². The van der Waals surface area contributed by atoms with Gasteiger partial charge in [-0.05, 0) is 25.6 Å². The van der Waals surface area contributed by atoms with Crippen LogP contribution in [-0.4, -0.2) is 30.2 Å². The van der Waals surface area contributed by atoms with E-state index in [1.165, 1.54) is 0 Å². The van der Waals surface area contributed by atoms with Gasteiger partial charge in [0.25, 0.3) is 0 Å². The molecule has 1 atom stereocenters. The van der Waals surface area contributed by atoms with E-state index in [4.69, 9.17) is 4.74 Å². The van der Waals surface area contributed by atoms with Crippen molar-refractivity contribution in [2.24, 2.45) is 0 Å². The summed E-state index contributed by atoms with van der Waals surface area (Å²) in [6, 6.07) is 9.81. The Balaban J connectivity index is 2.51. The van der Waals surface area contributed by atoms with Crippen LogP contribution in [0.25, 0.3) is 0 Å². The summed E-state index contributed by atoms with van der Waals surface area (Å²) >= 11 is 0. The van der Waals surface area contributed by atoms with Crippen LogP contribution >= 0.6 is 0 Å². The van der Waals surface area contributed by atoms with Gasteiger partial charge in [-0.25, -0.2) is 4.79 Å². The third-order valence-corrected chi connectivity index (χ3v) is 3.15. The molecule has 0 bridgehead atoms. The van der Waals surface area contributed by atoms with Crippen molar-refractivity contribution in [3.8, 4) is 0 Å². The summed E-state index contributed by atoms with van der Waals surface area (Å²) in [6.07, 6.45) is 0.319. The average Bonchev–Trinajstić information content (AvgIpc) is 2.41. The zero-order valence-electron chi connectivity index (χ0n) is 12.1. The number of nitrogens with zero attached hydrogens (tertiary/aromatic N) is 1. The van der Waals surface area contributed by atoms with Gasteiger partial charge in [0.15, 0.2) is 6.23 Å². The fourth-order valence-electron chi connectivity index (χ4n) is 1.97. The molecule has 3 heteroatoms. The minimum Gasteiger partial charge on any atom is -0.443 e. The van der Waals surface area contributed by atoms with Crippen molar-refractivity contribution in [2.45, 2.75) is 33.4 Å². The molecule has 1 aromatic rings. The highest BCUT2D eigenvalue weighted by Crippen LogP contribution is 2.10. The summed E-state index contributed by atoms with van der Waals surface area (Å²) in [7, 11) is 0. The molecule has 0 radical (unpaired) electrons. The van der Waals surface area contributed by atoms with Crippen molar-refractivity contribution in [2.75, 3.05) is 13.1 Å². The first-order chi connectivity index (χ1) is 9.08. The zero-order chi connectivity index (χ0) is 14.3. The monoisotopic (exact) mass is 261 g/mol. The zero-order valence-corrected chi connectivity index (χ0v) is 12.1. The molecule has 0 aromatic heterocycles. The Hall–Kier alpha value is -1.61. The molecule has 0 saturated carbocycles. The van der Waals surface area contributed by atoms with Gasteiger partial charge in [-0.2, -0.15) is 0 Å². The van der Waals surface area contributed by atoms with E-state index in [0.717, 1.165) is 18.7 Å². The van der Waals surface area contributed by atoms with E-state index >= 15 is 0 Å². The second-order valence-corrected chi connectivity index (χ2v) is 4.49. The second-order valence-electron chi connectivity index (χ2n) is 4.49. The molecule has 0 amide bonds. The van der Waals surface area contributed by atoms with E-state index in [9.17, 15) is 4.79 Å². The molecule has 0 fully saturated rings. The van der Waals surface area contributed by atoms with Crippen LogP contribution in [0, 0.1) is 0 Å². The van der Waals surface area contributed by atoms with Crippen molar-refractivity contribution < 1.29 is 9.53 Å². The number of rotatable bonds is 7. The van der Waals surface area contributed by atoms with Gasteiger partial charge < -0.3 is 4.74 Å². The van der Waals surface area contributed by atoms with E-state index in [2.05, 4.69) is 11.5 Å². The molecule has 1 unspecified atom stereocenters. The lowest BCUT2D eigenvalue weighted by molar-refractivity contribution is -0.152. The molecule has 104 valence electrons. The second kappa shape index (κ2) is 7.74. The lowest BCUT2D eigenvalue weighted by atomic mass is 10.1. The Kier molecular flexibility index (Phi) is 6.30. The molecule has 3 nitrogen and oxygen atoms in total. The lowest BCUT2D eigenvalue weighted by Crippen LogP contribution is -2.36. The largest absolute Gasteiger partial charge is 0.443 e. The van der Waals surface area contributed by atoms with Crippen LogP contribution in [0.4, 0.5) is 0 Å². The first-order valence-electron chi connectivity index (χ1n) is 6.75. The van der Waals surface area contributed by atoms with E-state index < -0.39 is 0 Å². The third kappa shape index (κ3) is 4.87. The molecule has 0 heterocycles. The summed E-state index contributed by atoms with van der Waals surface area (Å²) in [6.45, 7) is 11.5. The number of hydrogen-bond acceptors (Lipinski definition) is 3. The van der Waals surface area contributed by atoms with Gasteiger partial charge >= 0.3 is 5.97 Å². The molecule has 19 heavy (non-hydrogen) atoms. The van der Waals surface area contributed by atoms with Gasteiger partial charge in [0.1, 0.15) is 0 Å². The Morgan fingerprint density at radius 3 is 2.37 bits per heavy atom. The van der Waals surface area contributed by atoms with Crippen LogP contribution < -0.4 is 0 Å². The molecular formula is C16H23NO2. The van der Waals surface area contributed by atoms with Gasteiger partial charge in [0.2, 0.25) is 0 Å². The number of hydrogen-bond donors (Lipinski definition) is 0.